The van der Waals surface area contributed by atoms with Crippen molar-refractivity contribution in [3.05, 3.63) is 152 Å². The summed E-state index contributed by atoms with van der Waals surface area (Å²) in [5, 5.41) is 5.88. The van der Waals surface area contributed by atoms with Crippen LogP contribution in [0.15, 0.2) is 152 Å². The molecule has 0 atom stereocenters. The average molecular weight is 557 g/mol. The lowest BCUT2D eigenvalue weighted by atomic mass is 9.87. The monoisotopic (exact) mass is 556 g/mol. The molecule has 0 aliphatic carbocycles. The zero-order valence-electron chi connectivity index (χ0n) is 22.7. The molecule has 0 bridgehead atoms. The molecule has 7 aromatic carbocycles. The molecular weight excluding hydrogens is 531 g/mol. The van der Waals surface area contributed by atoms with Gasteiger partial charge in [-0.3, -0.25) is 0 Å². The van der Waals surface area contributed by atoms with Gasteiger partial charge >= 0.3 is 0 Å². The fourth-order valence-corrected chi connectivity index (χ4v) is 8.59. The number of aromatic nitrogens is 2. The van der Waals surface area contributed by atoms with E-state index in [4.69, 9.17) is 9.97 Å². The van der Waals surface area contributed by atoms with E-state index in [0.717, 1.165) is 54.3 Å². The van der Waals surface area contributed by atoms with Crippen molar-refractivity contribution in [3.8, 4) is 22.3 Å². The van der Waals surface area contributed by atoms with Crippen LogP contribution in [0.5, 0.6) is 0 Å². The highest BCUT2D eigenvalue weighted by molar-refractivity contribution is 7.85. The summed E-state index contributed by atoms with van der Waals surface area (Å²) in [4.78, 5) is 10.2. The van der Waals surface area contributed by atoms with Crippen molar-refractivity contribution in [3.63, 3.8) is 0 Å². The Morgan fingerprint density at radius 2 is 0.833 bits per heavy atom. The molecule has 198 valence electrons. The molecule has 0 aliphatic rings. The van der Waals surface area contributed by atoms with Crippen molar-refractivity contribution in [1.82, 2.24) is 9.97 Å². The molecule has 0 spiro atoms. The Labute approximate surface area is 243 Å². The van der Waals surface area contributed by atoms with E-state index in [2.05, 4.69) is 78.9 Å². The van der Waals surface area contributed by atoms with Gasteiger partial charge in [0.1, 0.15) is 0 Å². The fourth-order valence-electron chi connectivity index (χ4n) is 6.14. The minimum absolute atomic E-state index is 0.359. The summed E-state index contributed by atoms with van der Waals surface area (Å²) in [5.41, 5.74) is 6.60. The molecule has 0 aliphatic heterocycles. The number of hydrogen-bond donors (Lipinski definition) is 0. The first-order valence-electron chi connectivity index (χ1n) is 14.0. The van der Waals surface area contributed by atoms with Crippen molar-refractivity contribution in [2.24, 2.45) is 0 Å². The normalized spacial score (nSPS) is 11.9. The van der Waals surface area contributed by atoms with Gasteiger partial charge in [-0.05, 0) is 51.2 Å². The molecule has 0 unspecified atom stereocenters. The first-order valence-corrected chi connectivity index (χ1v) is 15.7. The van der Waals surface area contributed by atoms with E-state index in [1.54, 1.807) is 0 Å². The molecule has 8 aromatic rings. The van der Waals surface area contributed by atoms with Gasteiger partial charge in [-0.25, -0.2) is 9.97 Å². The van der Waals surface area contributed by atoms with Crippen molar-refractivity contribution in [1.29, 1.82) is 0 Å². The van der Waals surface area contributed by atoms with Crippen LogP contribution in [-0.2, 0) is 4.57 Å². The van der Waals surface area contributed by atoms with Crippen LogP contribution in [0.25, 0.3) is 54.8 Å². The van der Waals surface area contributed by atoms with E-state index in [1.807, 2.05) is 72.8 Å². The van der Waals surface area contributed by atoms with E-state index in [-0.39, 0.29) is 0 Å². The molecule has 0 saturated heterocycles. The Morgan fingerprint density at radius 1 is 0.429 bits per heavy atom. The first-order chi connectivity index (χ1) is 20.7. The lowest BCUT2D eigenvalue weighted by Crippen LogP contribution is -2.29. The molecule has 1 heterocycles. The molecule has 0 fully saturated rings. The molecule has 8 rings (SSSR count). The minimum atomic E-state index is -3.33. The maximum Gasteiger partial charge on any atom is 0.206 e. The lowest BCUT2D eigenvalue weighted by molar-refractivity contribution is 0.591. The third-order valence-corrected chi connectivity index (χ3v) is 10.9. The summed E-state index contributed by atoms with van der Waals surface area (Å²) in [6, 6.07) is 51.0. The van der Waals surface area contributed by atoms with Crippen LogP contribution < -0.4 is 16.2 Å². The second kappa shape index (κ2) is 9.76. The first kappa shape index (κ1) is 24.7. The molecule has 42 heavy (non-hydrogen) atoms. The van der Waals surface area contributed by atoms with Gasteiger partial charge in [0.25, 0.3) is 0 Å². The van der Waals surface area contributed by atoms with Gasteiger partial charge in [-0.2, -0.15) is 0 Å². The maximum atomic E-state index is 15.1. The smallest absolute Gasteiger partial charge is 0.206 e. The summed E-state index contributed by atoms with van der Waals surface area (Å²) >= 11 is 0. The molecule has 3 nitrogen and oxygen atoms in total. The van der Waals surface area contributed by atoms with Gasteiger partial charge in [0.05, 0.1) is 11.0 Å². The third-order valence-electron chi connectivity index (χ3n) is 8.12. The van der Waals surface area contributed by atoms with Crippen LogP contribution in [0.2, 0.25) is 0 Å². The minimum Gasteiger partial charge on any atom is -0.305 e. The maximum absolute atomic E-state index is 15.1. The third kappa shape index (κ3) is 3.79. The Balaban J connectivity index is 1.47. The lowest BCUT2D eigenvalue weighted by Gasteiger charge is -2.21. The Bertz CT molecular complexity index is 2100. The van der Waals surface area contributed by atoms with Gasteiger partial charge in [-0.1, -0.05) is 133 Å². The summed E-state index contributed by atoms with van der Waals surface area (Å²) in [7, 11) is -3.33. The van der Waals surface area contributed by atoms with Crippen molar-refractivity contribution in [2.75, 3.05) is 0 Å². The zero-order valence-corrected chi connectivity index (χ0v) is 23.6. The zero-order chi connectivity index (χ0) is 28.1. The molecule has 1 aromatic heterocycles. The van der Waals surface area contributed by atoms with Crippen LogP contribution >= 0.6 is 7.14 Å². The van der Waals surface area contributed by atoms with Crippen LogP contribution in [0, 0.1) is 0 Å². The Morgan fingerprint density at radius 3 is 1.26 bits per heavy atom. The van der Waals surface area contributed by atoms with E-state index in [0.29, 0.717) is 5.57 Å². The summed E-state index contributed by atoms with van der Waals surface area (Å²) < 4.78 is 15.1. The molecule has 0 radical (unpaired) electrons. The predicted molar refractivity (Wildman–Crippen MR) is 176 cm³/mol. The quantitative estimate of drug-likeness (QED) is 0.158. The van der Waals surface area contributed by atoms with Crippen molar-refractivity contribution in [2.45, 2.75) is 0 Å². The molecule has 0 amide bonds. The highest BCUT2D eigenvalue weighted by Gasteiger charge is 2.33. The van der Waals surface area contributed by atoms with Crippen molar-refractivity contribution < 1.29 is 4.57 Å². The van der Waals surface area contributed by atoms with E-state index in [9.17, 15) is 0 Å². The standard InChI is InChI=1S/C38H25N2OP/c41-42(28-17-9-3-10-18-28,29-19-11-4-12-20-29)38-39-34-23-21-30-32(26-13-5-1-6-14-26)25-33(27-15-7-2-8-16-27)31-22-24-35(40-38)37(34)36(30)31/h1-25H. The van der Waals surface area contributed by atoms with Gasteiger partial charge in [-0.15, -0.1) is 0 Å². The van der Waals surface area contributed by atoms with Gasteiger partial charge in [0, 0.05) is 21.4 Å². The number of rotatable bonds is 5. The summed E-state index contributed by atoms with van der Waals surface area (Å²) in [6.45, 7) is 0. The van der Waals surface area contributed by atoms with Crippen LogP contribution in [0.4, 0.5) is 0 Å². The topological polar surface area (TPSA) is 42.9 Å². The highest BCUT2D eigenvalue weighted by atomic mass is 31.2. The molecular formula is C38H25N2OP. The Kier molecular flexibility index (Phi) is 5.73. The summed E-state index contributed by atoms with van der Waals surface area (Å²) in [5.74, 6) is 0. The van der Waals surface area contributed by atoms with Crippen LogP contribution in [-0.4, -0.2) is 9.97 Å². The summed E-state index contributed by atoms with van der Waals surface area (Å²) in [6.07, 6.45) is 0. The highest BCUT2D eigenvalue weighted by Crippen LogP contribution is 2.45. The van der Waals surface area contributed by atoms with Crippen LogP contribution in [0.3, 0.4) is 0 Å². The Hall–Kier alpha value is -5.11. The SMILES string of the molecule is O=P(c1ccccc1)(c1ccccc1)c1nc2ccc3c(-c4ccccc4)cc(-c4ccccc4)c4ccc(n1)c2c34. The number of hydrogen-bond acceptors (Lipinski definition) is 3. The second-order valence-electron chi connectivity index (χ2n) is 10.5. The van der Waals surface area contributed by atoms with E-state index in [1.165, 1.54) is 11.1 Å². The second-order valence-corrected chi connectivity index (χ2v) is 13.2. The van der Waals surface area contributed by atoms with Gasteiger partial charge in [0.2, 0.25) is 7.14 Å². The number of nitrogens with zero attached hydrogens (tertiary/aromatic N) is 2. The van der Waals surface area contributed by atoms with Gasteiger partial charge < -0.3 is 4.57 Å². The molecule has 0 saturated carbocycles. The van der Waals surface area contributed by atoms with Crippen molar-refractivity contribution >= 4 is 55.9 Å². The van der Waals surface area contributed by atoms with Crippen LogP contribution in [0.1, 0.15) is 0 Å². The fraction of sp³-hybridized carbons (Fsp3) is 0. The number of benzene rings is 7. The van der Waals surface area contributed by atoms with E-state index < -0.39 is 7.14 Å². The predicted octanol–water partition coefficient (Wildman–Crippen LogP) is 8.35. The largest absolute Gasteiger partial charge is 0.305 e. The van der Waals surface area contributed by atoms with E-state index >= 15 is 4.57 Å². The average Bonchev–Trinajstić information content (AvgIpc) is 3.08. The molecule has 4 heteroatoms. The molecule has 0 N–H and O–H groups in total. The van der Waals surface area contributed by atoms with Gasteiger partial charge in [0.15, 0.2) is 5.57 Å².